The van der Waals surface area contributed by atoms with Crippen LogP contribution in [-0.2, 0) is 6.61 Å². The molecule has 0 radical (unpaired) electrons. The SMILES string of the molecule is Cc1ccc(Oc2ccc(CO)cn2)cn1. The van der Waals surface area contributed by atoms with Crippen LogP contribution in [-0.4, -0.2) is 15.1 Å². The number of hydrogen-bond donors (Lipinski definition) is 1. The molecule has 0 aliphatic carbocycles. The average molecular weight is 216 g/mol. The summed E-state index contributed by atoms with van der Waals surface area (Å²) in [5, 5.41) is 8.86. The van der Waals surface area contributed by atoms with Crippen LogP contribution in [0.1, 0.15) is 11.3 Å². The maximum Gasteiger partial charge on any atom is 0.219 e. The molecule has 1 N–H and O–H groups in total. The van der Waals surface area contributed by atoms with Crippen molar-refractivity contribution < 1.29 is 9.84 Å². The first-order valence-corrected chi connectivity index (χ1v) is 4.94. The van der Waals surface area contributed by atoms with Gasteiger partial charge in [0.2, 0.25) is 5.88 Å². The van der Waals surface area contributed by atoms with Gasteiger partial charge in [-0.1, -0.05) is 0 Å². The molecule has 0 amide bonds. The van der Waals surface area contributed by atoms with Crippen LogP contribution < -0.4 is 4.74 Å². The Morgan fingerprint density at radius 1 is 1.12 bits per heavy atom. The average Bonchev–Trinajstić information content (AvgIpc) is 2.33. The molecule has 0 spiro atoms. The molecule has 0 aromatic carbocycles. The quantitative estimate of drug-likeness (QED) is 0.853. The van der Waals surface area contributed by atoms with Crippen molar-refractivity contribution >= 4 is 0 Å². The third-order valence-corrected chi connectivity index (χ3v) is 2.09. The van der Waals surface area contributed by atoms with E-state index in [-0.39, 0.29) is 6.61 Å². The lowest BCUT2D eigenvalue weighted by atomic mass is 10.3. The molecule has 4 heteroatoms. The minimum absolute atomic E-state index is 0.0145. The fourth-order valence-corrected chi connectivity index (χ4v) is 1.20. The normalized spacial score (nSPS) is 10.1. The summed E-state index contributed by atoms with van der Waals surface area (Å²) in [7, 11) is 0. The van der Waals surface area contributed by atoms with Crippen LogP contribution in [0.3, 0.4) is 0 Å². The Kier molecular flexibility index (Phi) is 3.12. The van der Waals surface area contributed by atoms with Crippen LogP contribution in [0, 0.1) is 6.92 Å². The molecule has 0 aliphatic rings. The molecule has 0 bridgehead atoms. The van der Waals surface area contributed by atoms with E-state index in [9.17, 15) is 0 Å². The Morgan fingerprint density at radius 3 is 2.56 bits per heavy atom. The molecule has 2 aromatic heterocycles. The van der Waals surface area contributed by atoms with Crippen LogP contribution in [0.25, 0.3) is 0 Å². The number of ether oxygens (including phenoxy) is 1. The van der Waals surface area contributed by atoms with Gasteiger partial charge in [-0.3, -0.25) is 4.98 Å². The van der Waals surface area contributed by atoms with Crippen LogP contribution in [0.4, 0.5) is 0 Å². The van der Waals surface area contributed by atoms with Gasteiger partial charge in [0.05, 0.1) is 12.8 Å². The summed E-state index contributed by atoms with van der Waals surface area (Å²) in [6.07, 6.45) is 3.23. The first-order chi connectivity index (χ1) is 7.78. The number of pyridine rings is 2. The van der Waals surface area contributed by atoms with Gasteiger partial charge in [0.25, 0.3) is 0 Å². The zero-order chi connectivity index (χ0) is 11.4. The lowest BCUT2D eigenvalue weighted by Gasteiger charge is -2.04. The van der Waals surface area contributed by atoms with E-state index in [2.05, 4.69) is 9.97 Å². The van der Waals surface area contributed by atoms with E-state index in [0.29, 0.717) is 11.6 Å². The van der Waals surface area contributed by atoms with E-state index < -0.39 is 0 Å². The van der Waals surface area contributed by atoms with Gasteiger partial charge in [0, 0.05) is 18.0 Å². The zero-order valence-corrected chi connectivity index (χ0v) is 8.92. The molecule has 2 heterocycles. The Morgan fingerprint density at radius 2 is 2.00 bits per heavy atom. The molecule has 16 heavy (non-hydrogen) atoms. The molecule has 4 nitrogen and oxygen atoms in total. The molecule has 0 atom stereocenters. The van der Waals surface area contributed by atoms with Crippen LogP contribution in [0.2, 0.25) is 0 Å². The Bertz CT molecular complexity index is 451. The van der Waals surface area contributed by atoms with Crippen LogP contribution >= 0.6 is 0 Å². The van der Waals surface area contributed by atoms with Gasteiger partial charge in [0.1, 0.15) is 5.75 Å². The van der Waals surface area contributed by atoms with Crippen molar-refractivity contribution in [2.45, 2.75) is 13.5 Å². The van der Waals surface area contributed by atoms with E-state index in [1.807, 2.05) is 19.1 Å². The van der Waals surface area contributed by atoms with Crippen molar-refractivity contribution in [3.05, 3.63) is 47.9 Å². The molecular weight excluding hydrogens is 204 g/mol. The summed E-state index contributed by atoms with van der Waals surface area (Å²) in [5.41, 5.74) is 1.70. The lowest BCUT2D eigenvalue weighted by molar-refractivity contribution is 0.281. The highest BCUT2D eigenvalue weighted by atomic mass is 16.5. The summed E-state index contributed by atoms with van der Waals surface area (Å²) < 4.78 is 5.48. The summed E-state index contributed by atoms with van der Waals surface area (Å²) in [4.78, 5) is 8.17. The standard InChI is InChI=1S/C12H12N2O2/c1-9-2-4-11(7-13-9)16-12-5-3-10(8-15)6-14-12/h2-7,15H,8H2,1H3. The fraction of sp³-hybridized carbons (Fsp3) is 0.167. The van der Waals surface area contributed by atoms with E-state index in [1.54, 1.807) is 24.5 Å². The van der Waals surface area contributed by atoms with Gasteiger partial charge in [0.15, 0.2) is 0 Å². The summed E-state index contributed by atoms with van der Waals surface area (Å²) in [6.45, 7) is 1.90. The Balaban J connectivity index is 2.11. The van der Waals surface area contributed by atoms with E-state index in [0.717, 1.165) is 11.3 Å². The number of aliphatic hydroxyl groups is 1. The largest absolute Gasteiger partial charge is 0.437 e. The molecule has 82 valence electrons. The van der Waals surface area contributed by atoms with Gasteiger partial charge in [-0.2, -0.15) is 0 Å². The maximum atomic E-state index is 8.86. The molecule has 0 fully saturated rings. The third-order valence-electron chi connectivity index (χ3n) is 2.09. The van der Waals surface area contributed by atoms with Gasteiger partial charge in [-0.15, -0.1) is 0 Å². The van der Waals surface area contributed by atoms with Crippen molar-refractivity contribution in [2.24, 2.45) is 0 Å². The number of hydrogen-bond acceptors (Lipinski definition) is 4. The zero-order valence-electron chi connectivity index (χ0n) is 8.92. The molecule has 0 saturated heterocycles. The predicted molar refractivity (Wildman–Crippen MR) is 59.2 cm³/mol. The van der Waals surface area contributed by atoms with E-state index >= 15 is 0 Å². The predicted octanol–water partition coefficient (Wildman–Crippen LogP) is 2.07. The fourth-order valence-electron chi connectivity index (χ4n) is 1.20. The van der Waals surface area contributed by atoms with Gasteiger partial charge >= 0.3 is 0 Å². The van der Waals surface area contributed by atoms with Crippen LogP contribution in [0.5, 0.6) is 11.6 Å². The van der Waals surface area contributed by atoms with Gasteiger partial charge in [-0.25, -0.2) is 4.98 Å². The third kappa shape index (κ3) is 2.55. The van der Waals surface area contributed by atoms with Crippen molar-refractivity contribution in [3.8, 4) is 11.6 Å². The molecule has 2 rings (SSSR count). The van der Waals surface area contributed by atoms with Gasteiger partial charge in [-0.05, 0) is 30.7 Å². The highest BCUT2D eigenvalue weighted by Gasteiger charge is 1.99. The maximum absolute atomic E-state index is 8.86. The molecule has 0 aliphatic heterocycles. The van der Waals surface area contributed by atoms with E-state index in [1.165, 1.54) is 0 Å². The van der Waals surface area contributed by atoms with E-state index in [4.69, 9.17) is 9.84 Å². The number of aromatic nitrogens is 2. The first-order valence-electron chi connectivity index (χ1n) is 4.94. The first kappa shape index (κ1) is 10.6. The summed E-state index contributed by atoms with van der Waals surface area (Å²) in [6, 6.07) is 7.19. The highest BCUT2D eigenvalue weighted by molar-refractivity contribution is 5.26. The second-order valence-electron chi connectivity index (χ2n) is 3.40. The van der Waals surface area contributed by atoms with Crippen molar-refractivity contribution in [1.29, 1.82) is 0 Å². The molecule has 0 unspecified atom stereocenters. The molecular formula is C12H12N2O2. The second kappa shape index (κ2) is 4.72. The number of rotatable bonds is 3. The molecule has 0 saturated carbocycles. The monoisotopic (exact) mass is 216 g/mol. The highest BCUT2D eigenvalue weighted by Crippen LogP contribution is 2.18. The number of nitrogens with zero attached hydrogens (tertiary/aromatic N) is 2. The Hall–Kier alpha value is -1.94. The van der Waals surface area contributed by atoms with Crippen molar-refractivity contribution in [3.63, 3.8) is 0 Å². The summed E-state index contributed by atoms with van der Waals surface area (Å²) in [5.74, 6) is 1.14. The van der Waals surface area contributed by atoms with Crippen LogP contribution in [0.15, 0.2) is 36.7 Å². The lowest BCUT2D eigenvalue weighted by Crippen LogP contribution is -1.91. The Labute approximate surface area is 93.6 Å². The van der Waals surface area contributed by atoms with Crippen molar-refractivity contribution in [1.82, 2.24) is 9.97 Å². The minimum atomic E-state index is -0.0145. The second-order valence-corrected chi connectivity index (χ2v) is 3.40. The number of aliphatic hydroxyl groups excluding tert-OH is 1. The van der Waals surface area contributed by atoms with Crippen molar-refractivity contribution in [2.75, 3.05) is 0 Å². The minimum Gasteiger partial charge on any atom is -0.437 e. The topological polar surface area (TPSA) is 55.2 Å². The molecule has 2 aromatic rings. The summed E-state index contributed by atoms with van der Waals surface area (Å²) >= 11 is 0. The van der Waals surface area contributed by atoms with Gasteiger partial charge < -0.3 is 9.84 Å². The number of aryl methyl sites for hydroxylation is 1. The smallest absolute Gasteiger partial charge is 0.219 e.